The average Bonchev–Trinajstić information content (AvgIpc) is 2.68. The van der Waals surface area contributed by atoms with Crippen LogP contribution in [0.5, 0.6) is 17.2 Å². The molecule has 0 aromatic heterocycles. The van der Waals surface area contributed by atoms with Crippen molar-refractivity contribution in [3.8, 4) is 17.2 Å². The maximum absolute atomic E-state index is 12.2. The maximum Gasteiger partial charge on any atom is 0.408 e. The fourth-order valence-electron chi connectivity index (χ4n) is 2.48. The van der Waals surface area contributed by atoms with Crippen LogP contribution in [-0.4, -0.2) is 40.3 Å². The highest BCUT2D eigenvalue weighted by molar-refractivity contribution is 14.1. The zero-order valence-corrected chi connectivity index (χ0v) is 24.2. The van der Waals surface area contributed by atoms with Crippen LogP contribution >= 0.6 is 67.8 Å². The smallest absolute Gasteiger partial charge is 0.408 e. The number of aliphatic carboxylic acids is 1. The standard InChI is InChI=1S/C21H21I3N2O7/c1-21(2,3)33-20(31)25-9-16(28)26-17(19(29)30)10-6-13(23)18(14(24)7-10)32-11-4-5-15(27)12(22)8-11/h4-8,17,27H,9H2,1-3H3,(H,25,31)(H,26,28)(H,29,30). The second kappa shape index (κ2) is 11.7. The van der Waals surface area contributed by atoms with Gasteiger partial charge in [0, 0.05) is 0 Å². The Hall–Kier alpha value is -1.56. The number of carbonyl (C=O) groups is 3. The summed E-state index contributed by atoms with van der Waals surface area (Å²) >= 11 is 6.03. The van der Waals surface area contributed by atoms with Crippen molar-refractivity contribution in [2.75, 3.05) is 6.54 Å². The lowest BCUT2D eigenvalue weighted by Crippen LogP contribution is -2.42. The van der Waals surface area contributed by atoms with Crippen molar-refractivity contribution in [3.63, 3.8) is 0 Å². The second-order valence-corrected chi connectivity index (χ2v) is 11.2. The average molecular weight is 794 g/mol. The monoisotopic (exact) mass is 794 g/mol. The van der Waals surface area contributed by atoms with Crippen molar-refractivity contribution in [2.45, 2.75) is 32.4 Å². The molecule has 178 valence electrons. The topological polar surface area (TPSA) is 134 Å². The van der Waals surface area contributed by atoms with Crippen molar-refractivity contribution in [3.05, 3.63) is 46.6 Å². The van der Waals surface area contributed by atoms with Crippen LogP contribution in [0, 0.1) is 10.7 Å². The number of carbonyl (C=O) groups excluding carboxylic acids is 2. The number of amides is 2. The molecule has 4 N–H and O–H groups in total. The Morgan fingerprint density at radius 1 is 1.03 bits per heavy atom. The third-order valence-corrected chi connectivity index (χ3v) is 6.30. The number of hydrogen-bond acceptors (Lipinski definition) is 6. The van der Waals surface area contributed by atoms with Crippen LogP contribution < -0.4 is 15.4 Å². The van der Waals surface area contributed by atoms with E-state index >= 15 is 0 Å². The number of alkyl carbamates (subject to hydrolysis) is 1. The number of phenolic OH excluding ortho intramolecular Hbond substituents is 1. The largest absolute Gasteiger partial charge is 0.507 e. The Bertz CT molecular complexity index is 1050. The summed E-state index contributed by atoms with van der Waals surface area (Å²) in [4.78, 5) is 35.8. The first kappa shape index (κ1) is 27.7. The lowest BCUT2D eigenvalue weighted by atomic mass is 10.1. The summed E-state index contributed by atoms with van der Waals surface area (Å²) in [6.07, 6.45) is -0.779. The van der Waals surface area contributed by atoms with E-state index in [9.17, 15) is 24.6 Å². The number of benzene rings is 2. The molecule has 0 aliphatic rings. The first-order chi connectivity index (χ1) is 15.3. The fraction of sp³-hybridized carbons (Fsp3) is 0.286. The van der Waals surface area contributed by atoms with Gasteiger partial charge in [0.25, 0.3) is 0 Å². The number of phenols is 1. The van der Waals surface area contributed by atoms with Crippen LogP contribution in [0.1, 0.15) is 32.4 Å². The van der Waals surface area contributed by atoms with E-state index in [1.54, 1.807) is 45.0 Å². The number of rotatable bonds is 7. The molecule has 9 nitrogen and oxygen atoms in total. The molecule has 2 amide bonds. The maximum atomic E-state index is 12.2. The predicted octanol–water partition coefficient (Wildman–Crippen LogP) is 4.76. The molecule has 0 heterocycles. The van der Waals surface area contributed by atoms with E-state index in [2.05, 4.69) is 10.6 Å². The fourth-order valence-corrected chi connectivity index (χ4v) is 5.00. The molecule has 2 aromatic carbocycles. The molecule has 0 spiro atoms. The first-order valence-electron chi connectivity index (χ1n) is 9.41. The minimum atomic E-state index is -1.33. The van der Waals surface area contributed by atoms with Crippen molar-refractivity contribution < 1.29 is 34.1 Å². The zero-order chi connectivity index (χ0) is 24.9. The van der Waals surface area contributed by atoms with Gasteiger partial charge in [-0.1, -0.05) is 0 Å². The Morgan fingerprint density at radius 3 is 2.15 bits per heavy atom. The number of ether oxygens (including phenoxy) is 2. The van der Waals surface area contributed by atoms with Crippen molar-refractivity contribution >= 4 is 85.7 Å². The molecule has 0 saturated heterocycles. The first-order valence-corrected chi connectivity index (χ1v) is 12.6. The third kappa shape index (κ3) is 8.62. The molecule has 0 radical (unpaired) electrons. The van der Waals surface area contributed by atoms with E-state index < -0.39 is 36.2 Å². The Balaban J connectivity index is 2.15. The van der Waals surface area contributed by atoms with Gasteiger partial charge in [-0.2, -0.15) is 0 Å². The van der Waals surface area contributed by atoms with Gasteiger partial charge in [-0.15, -0.1) is 0 Å². The van der Waals surface area contributed by atoms with E-state index in [0.29, 0.717) is 27.8 Å². The van der Waals surface area contributed by atoms with Crippen molar-refractivity contribution in [2.24, 2.45) is 0 Å². The molecule has 1 atom stereocenters. The van der Waals surface area contributed by atoms with Crippen LogP contribution in [0.15, 0.2) is 30.3 Å². The lowest BCUT2D eigenvalue weighted by molar-refractivity contribution is -0.141. The molecule has 0 saturated carbocycles. The van der Waals surface area contributed by atoms with Crippen LogP contribution in [0.2, 0.25) is 0 Å². The van der Waals surface area contributed by atoms with Crippen molar-refractivity contribution in [1.82, 2.24) is 10.6 Å². The molecule has 12 heteroatoms. The molecule has 0 aliphatic carbocycles. The summed E-state index contributed by atoms with van der Waals surface area (Å²) in [6, 6.07) is 6.69. The Labute approximate surface area is 231 Å². The van der Waals surface area contributed by atoms with Gasteiger partial charge in [-0.3, -0.25) is 4.79 Å². The van der Waals surface area contributed by atoms with E-state index in [1.807, 2.05) is 67.8 Å². The van der Waals surface area contributed by atoms with Gasteiger partial charge in [0.15, 0.2) is 11.8 Å². The number of halogens is 3. The zero-order valence-electron chi connectivity index (χ0n) is 17.7. The second-order valence-electron chi connectivity index (χ2n) is 7.72. The van der Waals surface area contributed by atoms with Crippen LogP contribution in [-0.2, 0) is 14.3 Å². The molecular weight excluding hydrogens is 773 g/mol. The van der Waals surface area contributed by atoms with E-state index in [4.69, 9.17) is 9.47 Å². The normalized spacial score (nSPS) is 11.9. The number of carboxylic acid groups (broad SMARTS) is 1. The highest BCUT2D eigenvalue weighted by Crippen LogP contribution is 2.36. The van der Waals surface area contributed by atoms with Gasteiger partial charge in [0.1, 0.15) is 23.6 Å². The summed E-state index contributed by atoms with van der Waals surface area (Å²) in [5.41, 5.74) is -0.380. The van der Waals surface area contributed by atoms with E-state index in [-0.39, 0.29) is 5.75 Å². The minimum Gasteiger partial charge on any atom is -0.507 e. The molecule has 0 bridgehead atoms. The highest BCUT2D eigenvalue weighted by atomic mass is 127. The van der Waals surface area contributed by atoms with Crippen LogP contribution in [0.25, 0.3) is 0 Å². The predicted molar refractivity (Wildman–Crippen MR) is 146 cm³/mol. The van der Waals surface area contributed by atoms with Crippen molar-refractivity contribution in [1.29, 1.82) is 0 Å². The molecule has 33 heavy (non-hydrogen) atoms. The van der Waals surface area contributed by atoms with Gasteiger partial charge in [-0.25, -0.2) is 9.59 Å². The summed E-state index contributed by atoms with van der Waals surface area (Å²) in [6.45, 7) is 4.62. The van der Waals surface area contributed by atoms with Crippen LogP contribution in [0.4, 0.5) is 4.79 Å². The summed E-state index contributed by atoms with van der Waals surface area (Å²) in [5.74, 6) is -0.768. The lowest BCUT2D eigenvalue weighted by Gasteiger charge is -2.20. The summed E-state index contributed by atoms with van der Waals surface area (Å²) in [5, 5.41) is 24.0. The van der Waals surface area contributed by atoms with Gasteiger partial charge in [-0.05, 0) is 124 Å². The van der Waals surface area contributed by atoms with E-state index in [1.165, 1.54) is 6.07 Å². The molecule has 2 aromatic rings. The Morgan fingerprint density at radius 2 is 1.64 bits per heavy atom. The number of carboxylic acids is 1. The minimum absolute atomic E-state index is 0.142. The van der Waals surface area contributed by atoms with Gasteiger partial charge >= 0.3 is 12.1 Å². The number of aromatic hydroxyl groups is 1. The SMILES string of the molecule is CC(C)(C)OC(=O)NCC(=O)NC(C(=O)O)c1cc(I)c(Oc2ccc(O)c(I)c2)c(I)c1. The summed E-state index contributed by atoms with van der Waals surface area (Å²) in [7, 11) is 0. The highest BCUT2D eigenvalue weighted by Gasteiger charge is 2.25. The van der Waals surface area contributed by atoms with Gasteiger partial charge in [0.05, 0.1) is 10.7 Å². The quantitative estimate of drug-likeness (QED) is 0.297. The molecule has 2 rings (SSSR count). The number of hydrogen-bond donors (Lipinski definition) is 4. The summed E-state index contributed by atoms with van der Waals surface area (Å²) < 4.78 is 12.9. The molecule has 1 unspecified atom stereocenters. The third-order valence-electron chi connectivity index (χ3n) is 3.84. The number of nitrogens with one attached hydrogen (secondary N) is 2. The molecular formula is C21H21I3N2O7. The van der Waals surface area contributed by atoms with E-state index in [0.717, 1.165) is 0 Å². The van der Waals surface area contributed by atoms with Gasteiger partial charge in [0.2, 0.25) is 5.91 Å². The van der Waals surface area contributed by atoms with Gasteiger partial charge < -0.3 is 30.3 Å². The van der Waals surface area contributed by atoms with Crippen LogP contribution in [0.3, 0.4) is 0 Å². The Kier molecular flexibility index (Phi) is 9.83. The molecule has 0 fully saturated rings. The molecule has 0 aliphatic heterocycles.